The Morgan fingerprint density at radius 3 is 2.82 bits per heavy atom. The second-order valence-electron chi connectivity index (χ2n) is 4.76. The number of nitrogens with zero attached hydrogens (tertiary/aromatic N) is 1. The summed E-state index contributed by atoms with van der Waals surface area (Å²) in [6, 6.07) is 8.53. The number of phenolic OH excluding ortho intramolecular Hbond substituents is 1. The molecule has 2 aromatic rings. The Bertz CT molecular complexity index is 765. The summed E-state index contributed by atoms with van der Waals surface area (Å²) in [5, 5.41) is 9.52. The second-order valence-corrected chi connectivity index (χ2v) is 5.54. The first-order valence-corrected chi connectivity index (χ1v) is 7.26. The molecule has 0 unspecified atom stereocenters. The van der Waals surface area contributed by atoms with E-state index in [9.17, 15) is 9.90 Å². The number of ether oxygens (including phenoxy) is 1. The number of para-hydroxylation sites is 2. The molecule has 1 heterocycles. The topological polar surface area (TPSA) is 75.8 Å². The number of anilines is 2. The van der Waals surface area contributed by atoms with Gasteiger partial charge in [-0.05, 0) is 18.2 Å². The molecule has 3 rings (SSSR count). The minimum Gasteiger partial charge on any atom is -0.505 e. The molecule has 5 nitrogen and oxygen atoms in total. The highest BCUT2D eigenvalue weighted by molar-refractivity contribution is 6.40. The van der Waals surface area contributed by atoms with Crippen LogP contribution in [0.15, 0.2) is 30.3 Å². The van der Waals surface area contributed by atoms with Gasteiger partial charge in [-0.25, -0.2) is 0 Å². The van der Waals surface area contributed by atoms with Crippen molar-refractivity contribution in [2.24, 2.45) is 0 Å². The van der Waals surface area contributed by atoms with E-state index in [0.717, 1.165) is 0 Å². The number of aromatic hydroxyl groups is 1. The number of hydrogen-bond donors (Lipinski definition) is 2. The summed E-state index contributed by atoms with van der Waals surface area (Å²) in [6.45, 7) is 0.758. The number of amides is 1. The largest absolute Gasteiger partial charge is 0.505 e. The summed E-state index contributed by atoms with van der Waals surface area (Å²) >= 11 is 11.8. The van der Waals surface area contributed by atoms with Gasteiger partial charge >= 0.3 is 0 Å². The highest BCUT2D eigenvalue weighted by Gasteiger charge is 2.27. The first-order chi connectivity index (χ1) is 10.5. The zero-order chi connectivity index (χ0) is 15.9. The van der Waals surface area contributed by atoms with E-state index in [1.54, 1.807) is 17.0 Å². The van der Waals surface area contributed by atoms with Crippen LogP contribution >= 0.6 is 23.2 Å². The number of carbonyl (C=O) groups is 1. The van der Waals surface area contributed by atoms with Gasteiger partial charge in [0.05, 0.1) is 28.5 Å². The van der Waals surface area contributed by atoms with Crippen LogP contribution < -0.4 is 15.4 Å². The van der Waals surface area contributed by atoms with Crippen molar-refractivity contribution in [3.05, 3.63) is 45.9 Å². The zero-order valence-electron chi connectivity index (χ0n) is 11.3. The standard InChI is InChI=1S/C15H12Cl2N2O3/c16-9-7-8(13(18)12(17)14(9)20)15(21)19-5-6-22-11-4-2-1-3-10(11)19/h1-4,7,20H,5-6,18H2. The molecule has 114 valence electrons. The first kappa shape index (κ1) is 14.8. The van der Waals surface area contributed by atoms with Crippen LogP contribution in [0.1, 0.15) is 10.4 Å². The van der Waals surface area contributed by atoms with Crippen molar-refractivity contribution < 1.29 is 14.6 Å². The third-order valence-corrected chi connectivity index (χ3v) is 4.11. The van der Waals surface area contributed by atoms with Crippen molar-refractivity contribution in [2.75, 3.05) is 23.8 Å². The molecule has 0 radical (unpaired) electrons. The van der Waals surface area contributed by atoms with E-state index in [1.165, 1.54) is 6.07 Å². The average Bonchev–Trinajstić information content (AvgIpc) is 2.55. The number of nitrogen functional groups attached to an aromatic ring is 1. The van der Waals surface area contributed by atoms with Gasteiger partial charge in [0.2, 0.25) is 0 Å². The SMILES string of the molecule is Nc1c(C(=O)N2CCOc3ccccc32)cc(Cl)c(O)c1Cl. The molecule has 1 aliphatic rings. The fourth-order valence-corrected chi connectivity index (χ4v) is 2.78. The van der Waals surface area contributed by atoms with Crippen molar-refractivity contribution in [2.45, 2.75) is 0 Å². The molecule has 0 saturated carbocycles. The Morgan fingerprint density at radius 1 is 1.32 bits per heavy atom. The van der Waals surface area contributed by atoms with Gasteiger partial charge in [-0.15, -0.1) is 0 Å². The molecular weight excluding hydrogens is 327 g/mol. The quantitative estimate of drug-likeness (QED) is 0.782. The summed E-state index contributed by atoms with van der Waals surface area (Å²) in [4.78, 5) is 14.3. The molecule has 0 aromatic heterocycles. The predicted molar refractivity (Wildman–Crippen MR) is 86.2 cm³/mol. The van der Waals surface area contributed by atoms with Crippen LogP contribution in [0, 0.1) is 0 Å². The molecule has 0 spiro atoms. The molecule has 3 N–H and O–H groups in total. The van der Waals surface area contributed by atoms with Crippen LogP contribution in [0.25, 0.3) is 0 Å². The molecule has 1 amide bonds. The van der Waals surface area contributed by atoms with Crippen LogP contribution in [-0.2, 0) is 0 Å². The minimum absolute atomic E-state index is 0.00228. The number of benzene rings is 2. The van der Waals surface area contributed by atoms with E-state index < -0.39 is 0 Å². The van der Waals surface area contributed by atoms with Crippen LogP contribution in [-0.4, -0.2) is 24.2 Å². The van der Waals surface area contributed by atoms with E-state index in [2.05, 4.69) is 0 Å². The number of nitrogens with two attached hydrogens (primary N) is 1. The lowest BCUT2D eigenvalue weighted by Gasteiger charge is -2.30. The predicted octanol–water partition coefficient (Wildman–Crippen LogP) is 3.32. The summed E-state index contributed by atoms with van der Waals surface area (Å²) in [7, 11) is 0. The highest BCUT2D eigenvalue weighted by atomic mass is 35.5. The van der Waals surface area contributed by atoms with Crippen LogP contribution in [0.2, 0.25) is 10.0 Å². The van der Waals surface area contributed by atoms with Gasteiger partial charge in [-0.1, -0.05) is 35.3 Å². The number of rotatable bonds is 1. The van der Waals surface area contributed by atoms with Crippen LogP contribution in [0.3, 0.4) is 0 Å². The van der Waals surface area contributed by atoms with E-state index in [0.29, 0.717) is 24.6 Å². The maximum atomic E-state index is 12.8. The van der Waals surface area contributed by atoms with Gasteiger partial charge in [0, 0.05) is 0 Å². The van der Waals surface area contributed by atoms with Gasteiger partial charge in [-0.2, -0.15) is 0 Å². The fraction of sp³-hybridized carbons (Fsp3) is 0.133. The lowest BCUT2D eigenvalue weighted by molar-refractivity contribution is 0.0977. The summed E-state index contributed by atoms with van der Waals surface area (Å²) in [5.74, 6) is -0.0616. The smallest absolute Gasteiger partial charge is 0.260 e. The fourth-order valence-electron chi connectivity index (χ4n) is 2.33. The third-order valence-electron chi connectivity index (χ3n) is 3.44. The Morgan fingerprint density at radius 2 is 2.05 bits per heavy atom. The molecule has 0 fully saturated rings. The number of carbonyl (C=O) groups excluding carboxylic acids is 1. The molecule has 7 heteroatoms. The molecule has 0 aliphatic carbocycles. The lowest BCUT2D eigenvalue weighted by Crippen LogP contribution is -2.38. The average molecular weight is 339 g/mol. The zero-order valence-corrected chi connectivity index (χ0v) is 12.9. The van der Waals surface area contributed by atoms with E-state index in [-0.39, 0.29) is 33.0 Å². The van der Waals surface area contributed by atoms with Crippen molar-refractivity contribution in [3.63, 3.8) is 0 Å². The molecule has 0 atom stereocenters. The molecule has 22 heavy (non-hydrogen) atoms. The number of phenols is 1. The summed E-state index contributed by atoms with van der Waals surface area (Å²) in [6.07, 6.45) is 0. The van der Waals surface area contributed by atoms with Gasteiger partial charge in [0.25, 0.3) is 5.91 Å². The van der Waals surface area contributed by atoms with E-state index in [1.807, 2.05) is 12.1 Å². The Hall–Kier alpha value is -2.11. The van der Waals surface area contributed by atoms with Crippen LogP contribution in [0.5, 0.6) is 11.5 Å². The van der Waals surface area contributed by atoms with Gasteiger partial charge in [0.1, 0.15) is 17.4 Å². The molecular formula is C15H12Cl2N2O3. The Kier molecular flexibility index (Phi) is 3.76. The third kappa shape index (κ3) is 2.32. The van der Waals surface area contributed by atoms with Gasteiger partial charge < -0.3 is 20.5 Å². The molecule has 0 bridgehead atoms. The number of hydrogen-bond acceptors (Lipinski definition) is 4. The summed E-state index contributed by atoms with van der Waals surface area (Å²) in [5.41, 5.74) is 6.64. The van der Waals surface area contributed by atoms with Gasteiger partial charge in [-0.3, -0.25) is 4.79 Å². The monoisotopic (exact) mass is 338 g/mol. The van der Waals surface area contributed by atoms with Crippen molar-refractivity contribution in [1.29, 1.82) is 0 Å². The van der Waals surface area contributed by atoms with E-state index >= 15 is 0 Å². The Labute approximate surface area is 136 Å². The van der Waals surface area contributed by atoms with Crippen molar-refractivity contribution in [3.8, 4) is 11.5 Å². The number of fused-ring (bicyclic) bond motifs is 1. The van der Waals surface area contributed by atoms with Crippen molar-refractivity contribution in [1.82, 2.24) is 0 Å². The normalized spacial score (nSPS) is 13.5. The lowest BCUT2D eigenvalue weighted by atomic mass is 10.1. The second kappa shape index (κ2) is 5.59. The minimum atomic E-state index is -0.350. The van der Waals surface area contributed by atoms with Crippen LogP contribution in [0.4, 0.5) is 11.4 Å². The summed E-state index contributed by atoms with van der Waals surface area (Å²) < 4.78 is 5.52. The first-order valence-electron chi connectivity index (χ1n) is 6.51. The van der Waals surface area contributed by atoms with Gasteiger partial charge in [0.15, 0.2) is 5.75 Å². The molecule has 1 aliphatic heterocycles. The number of halogens is 2. The maximum absolute atomic E-state index is 12.8. The van der Waals surface area contributed by atoms with E-state index in [4.69, 9.17) is 33.7 Å². The van der Waals surface area contributed by atoms with Crippen molar-refractivity contribution >= 4 is 40.5 Å². The molecule has 2 aromatic carbocycles. The molecule has 0 saturated heterocycles. The Balaban J connectivity index is 2.07. The maximum Gasteiger partial charge on any atom is 0.260 e. The highest BCUT2D eigenvalue weighted by Crippen LogP contribution is 2.40.